The summed E-state index contributed by atoms with van der Waals surface area (Å²) in [6.07, 6.45) is 5.70. The van der Waals surface area contributed by atoms with E-state index in [9.17, 15) is 4.79 Å². The first-order valence-corrected chi connectivity index (χ1v) is 6.94. The Balaban J connectivity index is 2.08. The van der Waals surface area contributed by atoms with Crippen LogP contribution in [-0.4, -0.2) is 24.0 Å². The van der Waals surface area contributed by atoms with Crippen LogP contribution in [0.5, 0.6) is 0 Å². The number of pyridine rings is 1. The smallest absolute Gasteiger partial charge is 0.230 e. The Labute approximate surface area is 115 Å². The molecule has 1 aromatic rings. The maximum absolute atomic E-state index is 12.5. The quantitative estimate of drug-likeness (QED) is 0.878. The predicted molar refractivity (Wildman–Crippen MR) is 77.0 cm³/mol. The maximum Gasteiger partial charge on any atom is 0.230 e. The van der Waals surface area contributed by atoms with Crippen LogP contribution in [0.2, 0.25) is 0 Å². The number of carbonyl (C=O) groups is 1. The average molecular weight is 261 g/mol. The summed E-state index contributed by atoms with van der Waals surface area (Å²) >= 11 is 0. The number of carbonyl (C=O) groups excluding carboxylic acids is 1. The van der Waals surface area contributed by atoms with Crippen LogP contribution in [-0.2, 0) is 4.79 Å². The van der Waals surface area contributed by atoms with Gasteiger partial charge in [-0.15, -0.1) is 0 Å². The van der Waals surface area contributed by atoms with Gasteiger partial charge in [-0.2, -0.15) is 0 Å². The standard InChI is InChI=1S/C15H23N3O/c1-11-6-8-17-10-13(11)18-14(19)15(2,3)12-5-4-7-16-9-12/h6,8,10,12,16H,4-5,7,9H2,1-3H3,(H,18,19). The van der Waals surface area contributed by atoms with Crippen molar-refractivity contribution in [2.75, 3.05) is 18.4 Å². The Morgan fingerprint density at radius 3 is 2.95 bits per heavy atom. The monoisotopic (exact) mass is 261 g/mol. The number of nitrogens with one attached hydrogen (secondary N) is 2. The third-order valence-electron chi connectivity index (χ3n) is 4.19. The van der Waals surface area contributed by atoms with E-state index in [1.54, 1.807) is 12.4 Å². The number of rotatable bonds is 3. The molecule has 0 aliphatic carbocycles. The number of amides is 1. The maximum atomic E-state index is 12.5. The van der Waals surface area contributed by atoms with Crippen molar-refractivity contribution in [2.45, 2.75) is 33.6 Å². The van der Waals surface area contributed by atoms with Crippen molar-refractivity contribution in [2.24, 2.45) is 11.3 Å². The highest BCUT2D eigenvalue weighted by atomic mass is 16.2. The van der Waals surface area contributed by atoms with Gasteiger partial charge in [0, 0.05) is 11.6 Å². The molecule has 1 fully saturated rings. The Morgan fingerprint density at radius 1 is 1.53 bits per heavy atom. The number of anilines is 1. The Bertz CT molecular complexity index is 450. The number of nitrogens with zero attached hydrogens (tertiary/aromatic N) is 1. The Hall–Kier alpha value is -1.42. The van der Waals surface area contributed by atoms with Crippen LogP contribution in [0.1, 0.15) is 32.3 Å². The minimum atomic E-state index is -0.365. The zero-order chi connectivity index (χ0) is 13.9. The number of aromatic nitrogens is 1. The van der Waals surface area contributed by atoms with E-state index in [0.29, 0.717) is 5.92 Å². The molecule has 1 aliphatic heterocycles. The molecule has 4 nitrogen and oxygen atoms in total. The molecule has 1 unspecified atom stereocenters. The van der Waals surface area contributed by atoms with E-state index < -0.39 is 0 Å². The first kappa shape index (κ1) is 14.0. The fraction of sp³-hybridized carbons (Fsp3) is 0.600. The van der Waals surface area contributed by atoms with Gasteiger partial charge in [-0.25, -0.2) is 0 Å². The van der Waals surface area contributed by atoms with Gasteiger partial charge < -0.3 is 10.6 Å². The van der Waals surface area contributed by atoms with Gasteiger partial charge in [-0.05, 0) is 50.4 Å². The molecule has 0 aromatic carbocycles. The molecule has 0 bridgehead atoms. The van der Waals surface area contributed by atoms with E-state index >= 15 is 0 Å². The van der Waals surface area contributed by atoms with Crippen LogP contribution >= 0.6 is 0 Å². The Kier molecular flexibility index (Phi) is 4.20. The molecule has 1 aliphatic rings. The van der Waals surface area contributed by atoms with Crippen molar-refractivity contribution in [3.63, 3.8) is 0 Å². The third-order valence-corrected chi connectivity index (χ3v) is 4.19. The SMILES string of the molecule is Cc1ccncc1NC(=O)C(C)(C)C1CCCNC1. The van der Waals surface area contributed by atoms with Gasteiger partial charge in [0.15, 0.2) is 0 Å². The highest BCUT2D eigenvalue weighted by Crippen LogP contribution is 2.33. The van der Waals surface area contributed by atoms with Crippen LogP contribution < -0.4 is 10.6 Å². The van der Waals surface area contributed by atoms with Crippen LogP contribution in [0.3, 0.4) is 0 Å². The van der Waals surface area contributed by atoms with Gasteiger partial charge in [-0.1, -0.05) is 13.8 Å². The first-order valence-electron chi connectivity index (χ1n) is 6.94. The van der Waals surface area contributed by atoms with Gasteiger partial charge in [0.25, 0.3) is 0 Å². The van der Waals surface area contributed by atoms with Gasteiger partial charge in [0.2, 0.25) is 5.91 Å². The molecule has 0 saturated carbocycles. The van der Waals surface area contributed by atoms with E-state index in [1.807, 2.05) is 26.8 Å². The molecular weight excluding hydrogens is 238 g/mol. The lowest BCUT2D eigenvalue weighted by Crippen LogP contribution is -2.44. The van der Waals surface area contributed by atoms with Crippen LogP contribution in [0.4, 0.5) is 5.69 Å². The molecule has 4 heteroatoms. The molecule has 19 heavy (non-hydrogen) atoms. The lowest BCUT2D eigenvalue weighted by molar-refractivity contribution is -0.127. The summed E-state index contributed by atoms with van der Waals surface area (Å²) in [4.78, 5) is 16.6. The van der Waals surface area contributed by atoms with Crippen LogP contribution in [0, 0.1) is 18.3 Å². The normalized spacial score (nSPS) is 20.1. The lowest BCUT2D eigenvalue weighted by atomic mass is 9.74. The van der Waals surface area contributed by atoms with Crippen molar-refractivity contribution in [3.05, 3.63) is 24.0 Å². The molecule has 2 rings (SSSR count). The molecule has 1 saturated heterocycles. The van der Waals surface area contributed by atoms with Crippen molar-refractivity contribution in [1.82, 2.24) is 10.3 Å². The summed E-state index contributed by atoms with van der Waals surface area (Å²) in [5.74, 6) is 0.468. The van der Waals surface area contributed by atoms with Gasteiger partial charge in [0.1, 0.15) is 0 Å². The summed E-state index contributed by atoms with van der Waals surface area (Å²) < 4.78 is 0. The fourth-order valence-corrected chi connectivity index (χ4v) is 2.53. The minimum absolute atomic E-state index is 0.0808. The van der Waals surface area contributed by atoms with Crippen molar-refractivity contribution >= 4 is 11.6 Å². The summed E-state index contributed by atoms with van der Waals surface area (Å²) in [7, 11) is 0. The van der Waals surface area contributed by atoms with Crippen LogP contribution in [0.25, 0.3) is 0 Å². The molecule has 0 radical (unpaired) electrons. The third kappa shape index (κ3) is 3.13. The zero-order valence-electron chi connectivity index (χ0n) is 12.0. The van der Waals surface area contributed by atoms with Gasteiger partial charge in [0.05, 0.1) is 11.9 Å². The van der Waals surface area contributed by atoms with E-state index in [4.69, 9.17) is 0 Å². The van der Waals surface area contributed by atoms with Crippen LogP contribution in [0.15, 0.2) is 18.5 Å². The molecule has 2 N–H and O–H groups in total. The van der Waals surface area contributed by atoms with Crippen molar-refractivity contribution in [3.8, 4) is 0 Å². The van der Waals surface area contributed by atoms with Crippen molar-refractivity contribution in [1.29, 1.82) is 0 Å². The average Bonchev–Trinajstić information content (AvgIpc) is 2.42. The minimum Gasteiger partial charge on any atom is -0.324 e. The highest BCUT2D eigenvalue weighted by molar-refractivity contribution is 5.95. The number of hydrogen-bond acceptors (Lipinski definition) is 3. The summed E-state index contributed by atoms with van der Waals surface area (Å²) in [5.41, 5.74) is 1.49. The van der Waals surface area contributed by atoms with Gasteiger partial charge >= 0.3 is 0 Å². The van der Waals surface area contributed by atoms with E-state index in [-0.39, 0.29) is 11.3 Å². The molecule has 2 heterocycles. The van der Waals surface area contributed by atoms with E-state index in [2.05, 4.69) is 15.6 Å². The second-order valence-electron chi connectivity index (χ2n) is 5.91. The first-order chi connectivity index (χ1) is 9.01. The predicted octanol–water partition coefficient (Wildman–Crippen LogP) is 2.35. The van der Waals surface area contributed by atoms with E-state index in [1.165, 1.54) is 0 Å². The lowest BCUT2D eigenvalue weighted by Gasteiger charge is -2.36. The number of hydrogen-bond donors (Lipinski definition) is 2. The summed E-state index contributed by atoms with van der Waals surface area (Å²) in [6, 6.07) is 1.91. The topological polar surface area (TPSA) is 54.0 Å². The second kappa shape index (κ2) is 5.70. The summed E-state index contributed by atoms with van der Waals surface area (Å²) in [6.45, 7) is 8.03. The molecule has 1 atom stereocenters. The molecule has 1 aromatic heterocycles. The second-order valence-corrected chi connectivity index (χ2v) is 5.91. The number of piperidine rings is 1. The fourth-order valence-electron chi connectivity index (χ4n) is 2.53. The molecular formula is C15H23N3O. The Morgan fingerprint density at radius 2 is 2.32 bits per heavy atom. The van der Waals surface area contributed by atoms with Gasteiger partial charge in [-0.3, -0.25) is 9.78 Å². The molecule has 1 amide bonds. The largest absolute Gasteiger partial charge is 0.324 e. The zero-order valence-corrected chi connectivity index (χ0v) is 12.0. The van der Waals surface area contributed by atoms with Crippen molar-refractivity contribution < 1.29 is 4.79 Å². The van der Waals surface area contributed by atoms with E-state index in [0.717, 1.165) is 37.2 Å². The molecule has 104 valence electrons. The summed E-state index contributed by atoms with van der Waals surface area (Å²) in [5, 5.41) is 6.40. The highest BCUT2D eigenvalue weighted by Gasteiger charge is 2.37. The molecule has 0 spiro atoms. The number of aryl methyl sites for hydroxylation is 1.